The van der Waals surface area contributed by atoms with Crippen molar-refractivity contribution in [1.29, 1.82) is 0 Å². The van der Waals surface area contributed by atoms with E-state index in [-0.39, 0.29) is 5.69 Å². The minimum Gasteiger partial charge on any atom is -0.291 e. The largest absolute Gasteiger partial charge is 0.353 e. The zero-order valence-corrected chi connectivity index (χ0v) is 13.6. The van der Waals surface area contributed by atoms with Gasteiger partial charge in [0.25, 0.3) is 0 Å². The molecule has 1 fully saturated rings. The Morgan fingerprint density at radius 3 is 2.42 bits per heavy atom. The molecule has 1 aromatic heterocycles. The van der Waals surface area contributed by atoms with Gasteiger partial charge in [-0.2, -0.15) is 0 Å². The van der Waals surface area contributed by atoms with E-state index in [0.717, 1.165) is 23.0 Å². The summed E-state index contributed by atoms with van der Waals surface area (Å²) < 4.78 is 2.39. The summed E-state index contributed by atoms with van der Waals surface area (Å²) in [5, 5.41) is 11.4. The summed E-state index contributed by atoms with van der Waals surface area (Å²) in [4.78, 5) is 36.2. The topological polar surface area (TPSA) is 87.1 Å². The van der Waals surface area contributed by atoms with Gasteiger partial charge in [0.15, 0.2) is 0 Å². The zero-order chi connectivity index (χ0) is 17.4. The smallest absolute Gasteiger partial charge is 0.291 e. The molecule has 1 aromatic carbocycles. The van der Waals surface area contributed by atoms with Crippen LogP contribution >= 0.6 is 0 Å². The quantitative estimate of drug-likeness (QED) is 0.622. The number of rotatable bonds is 5. The van der Waals surface area contributed by atoms with Crippen LogP contribution in [0.2, 0.25) is 0 Å². The van der Waals surface area contributed by atoms with Crippen molar-refractivity contribution in [1.82, 2.24) is 9.13 Å². The van der Waals surface area contributed by atoms with E-state index in [9.17, 15) is 19.7 Å². The first-order valence-electron chi connectivity index (χ1n) is 7.97. The van der Waals surface area contributed by atoms with Crippen molar-refractivity contribution >= 4 is 5.69 Å². The Labute approximate surface area is 138 Å². The van der Waals surface area contributed by atoms with E-state index in [1.54, 1.807) is 19.1 Å². The van der Waals surface area contributed by atoms with Gasteiger partial charge in [0.05, 0.1) is 11.0 Å². The van der Waals surface area contributed by atoms with Crippen molar-refractivity contribution in [2.45, 2.75) is 39.3 Å². The summed E-state index contributed by atoms with van der Waals surface area (Å²) in [5.74, 6) is 0.360. The lowest BCUT2D eigenvalue weighted by Crippen LogP contribution is -2.44. The molecule has 0 radical (unpaired) electrons. The van der Waals surface area contributed by atoms with Crippen LogP contribution in [0.5, 0.6) is 0 Å². The highest BCUT2D eigenvalue weighted by atomic mass is 16.6. The van der Waals surface area contributed by atoms with Crippen molar-refractivity contribution in [3.8, 4) is 0 Å². The number of benzene rings is 1. The molecule has 0 spiro atoms. The first kappa shape index (κ1) is 16.2. The molecule has 1 unspecified atom stereocenters. The highest BCUT2D eigenvalue weighted by Crippen LogP contribution is 2.31. The first-order valence-corrected chi connectivity index (χ1v) is 7.97. The summed E-state index contributed by atoms with van der Waals surface area (Å²) in [6, 6.07) is 8.48. The van der Waals surface area contributed by atoms with E-state index in [0.29, 0.717) is 12.5 Å². The molecule has 1 aliphatic carbocycles. The summed E-state index contributed by atoms with van der Waals surface area (Å²) in [7, 11) is 0. The Kier molecular flexibility index (Phi) is 4.09. The maximum absolute atomic E-state index is 12.9. The molecular formula is C17H19N3O4. The summed E-state index contributed by atoms with van der Waals surface area (Å²) in [5.41, 5.74) is -0.943. The van der Waals surface area contributed by atoms with E-state index in [4.69, 9.17) is 0 Å². The lowest BCUT2D eigenvalue weighted by Gasteiger charge is -2.18. The van der Waals surface area contributed by atoms with Gasteiger partial charge >= 0.3 is 16.9 Å². The molecule has 1 saturated carbocycles. The van der Waals surface area contributed by atoms with Crippen molar-refractivity contribution in [3.63, 3.8) is 0 Å². The van der Waals surface area contributed by atoms with Gasteiger partial charge in [-0.15, -0.1) is 0 Å². The van der Waals surface area contributed by atoms with Crippen LogP contribution in [0.4, 0.5) is 5.69 Å². The summed E-state index contributed by atoms with van der Waals surface area (Å²) >= 11 is 0. The van der Waals surface area contributed by atoms with E-state index in [1.165, 1.54) is 11.5 Å². The molecule has 1 atom stereocenters. The van der Waals surface area contributed by atoms with Crippen LogP contribution in [0.1, 0.15) is 37.1 Å². The molecule has 24 heavy (non-hydrogen) atoms. The van der Waals surface area contributed by atoms with Crippen molar-refractivity contribution in [2.24, 2.45) is 5.92 Å². The Morgan fingerprint density at radius 1 is 1.25 bits per heavy atom. The van der Waals surface area contributed by atoms with Crippen molar-refractivity contribution in [3.05, 3.63) is 72.5 Å². The lowest BCUT2D eigenvalue weighted by atomic mass is 10.1. The van der Waals surface area contributed by atoms with Crippen LogP contribution in [-0.2, 0) is 6.54 Å². The Balaban J connectivity index is 2.24. The Hall–Kier alpha value is -2.70. The minimum atomic E-state index is -0.842. The molecule has 1 heterocycles. The monoisotopic (exact) mass is 329 g/mol. The second kappa shape index (κ2) is 6.07. The fourth-order valence-electron chi connectivity index (χ4n) is 2.96. The second-order valence-electron chi connectivity index (χ2n) is 6.29. The maximum atomic E-state index is 12.9. The molecule has 0 N–H and O–H groups in total. The van der Waals surface area contributed by atoms with Crippen LogP contribution in [0.15, 0.2) is 39.9 Å². The van der Waals surface area contributed by atoms with Crippen LogP contribution in [0.25, 0.3) is 0 Å². The van der Waals surface area contributed by atoms with Crippen LogP contribution < -0.4 is 11.2 Å². The van der Waals surface area contributed by atoms with Gasteiger partial charge in [0, 0.05) is 6.54 Å². The van der Waals surface area contributed by atoms with E-state index in [2.05, 4.69) is 0 Å². The third-order valence-electron chi connectivity index (χ3n) is 4.60. The molecule has 3 rings (SSSR count). The molecule has 0 saturated heterocycles. The summed E-state index contributed by atoms with van der Waals surface area (Å²) in [6.07, 6.45) is 2.01. The van der Waals surface area contributed by atoms with Gasteiger partial charge in [-0.3, -0.25) is 19.5 Å². The molecule has 0 amide bonds. The third kappa shape index (κ3) is 2.77. The highest BCUT2D eigenvalue weighted by molar-refractivity contribution is 5.33. The second-order valence-corrected chi connectivity index (χ2v) is 6.29. The Bertz CT molecular complexity index is 895. The highest BCUT2D eigenvalue weighted by Gasteiger charge is 2.30. The number of hydrogen-bond donors (Lipinski definition) is 0. The zero-order valence-electron chi connectivity index (χ0n) is 13.6. The van der Waals surface area contributed by atoms with Crippen molar-refractivity contribution < 1.29 is 4.92 Å². The maximum Gasteiger partial charge on any atom is 0.353 e. The van der Waals surface area contributed by atoms with Crippen LogP contribution in [-0.4, -0.2) is 14.1 Å². The molecule has 0 bridgehead atoms. The van der Waals surface area contributed by atoms with Crippen LogP contribution in [0, 0.1) is 23.0 Å². The lowest BCUT2D eigenvalue weighted by molar-refractivity contribution is -0.387. The minimum absolute atomic E-state index is 0.137. The van der Waals surface area contributed by atoms with Gasteiger partial charge in [0.1, 0.15) is 5.69 Å². The molecule has 1 aliphatic rings. The summed E-state index contributed by atoms with van der Waals surface area (Å²) in [6.45, 7) is 3.60. The number of hydrogen-bond acceptors (Lipinski definition) is 4. The molecule has 2 aromatic rings. The predicted octanol–water partition coefficient (Wildman–Crippen LogP) is 2.25. The van der Waals surface area contributed by atoms with Crippen molar-refractivity contribution in [2.75, 3.05) is 0 Å². The molecular weight excluding hydrogens is 310 g/mol. The average molecular weight is 329 g/mol. The fourth-order valence-corrected chi connectivity index (χ4v) is 2.96. The first-order chi connectivity index (χ1) is 11.4. The van der Waals surface area contributed by atoms with Gasteiger partial charge in [-0.25, -0.2) is 9.36 Å². The number of aromatic nitrogens is 2. The fraction of sp³-hybridized carbons (Fsp3) is 0.412. The van der Waals surface area contributed by atoms with E-state index in [1.807, 2.05) is 18.2 Å². The van der Waals surface area contributed by atoms with Gasteiger partial charge in [-0.05, 0) is 38.2 Å². The molecule has 126 valence electrons. The normalized spacial score (nSPS) is 15.2. The SMILES string of the molecule is Cc1c([N+](=O)[O-])c(=O)n(C(C)c2ccccc2)c(=O)n1CC1CC1. The number of nitro groups is 1. The Morgan fingerprint density at radius 2 is 1.88 bits per heavy atom. The average Bonchev–Trinajstić information content (AvgIpc) is 3.36. The van der Waals surface area contributed by atoms with E-state index < -0.39 is 27.9 Å². The van der Waals surface area contributed by atoms with E-state index >= 15 is 0 Å². The number of nitrogens with zero attached hydrogens (tertiary/aromatic N) is 3. The molecule has 7 nitrogen and oxygen atoms in total. The van der Waals surface area contributed by atoms with Gasteiger partial charge < -0.3 is 0 Å². The molecule has 0 aliphatic heterocycles. The standard InChI is InChI=1S/C17H19N3O4/c1-11(14-6-4-3-5-7-14)19-16(21)15(20(23)24)12(2)18(17(19)22)10-13-8-9-13/h3-7,11,13H,8-10H2,1-2H3. The third-order valence-corrected chi connectivity index (χ3v) is 4.60. The predicted molar refractivity (Wildman–Crippen MR) is 89.3 cm³/mol. The van der Waals surface area contributed by atoms with Gasteiger partial charge in [-0.1, -0.05) is 30.3 Å². The van der Waals surface area contributed by atoms with Crippen LogP contribution in [0.3, 0.4) is 0 Å². The van der Waals surface area contributed by atoms with Gasteiger partial charge in [0.2, 0.25) is 0 Å². The molecule has 7 heteroatoms.